The summed E-state index contributed by atoms with van der Waals surface area (Å²) in [6.07, 6.45) is 0. The molecule has 3 rings (SSSR count). The van der Waals surface area contributed by atoms with E-state index in [9.17, 15) is 9.18 Å². The van der Waals surface area contributed by atoms with Gasteiger partial charge in [0, 0.05) is 25.5 Å². The number of nitrogen functional groups attached to an aromatic ring is 1. The van der Waals surface area contributed by atoms with Crippen molar-refractivity contribution in [3.05, 3.63) is 52.7 Å². The number of nitrogens with zero attached hydrogens (tertiary/aromatic N) is 2. The van der Waals surface area contributed by atoms with E-state index in [0.717, 1.165) is 16.7 Å². The van der Waals surface area contributed by atoms with Crippen molar-refractivity contribution in [2.24, 2.45) is 14.1 Å². The zero-order valence-electron chi connectivity index (χ0n) is 11.7. The van der Waals surface area contributed by atoms with E-state index in [2.05, 4.69) is 5.32 Å². The van der Waals surface area contributed by atoms with Crippen LogP contribution in [0.2, 0.25) is 0 Å². The highest BCUT2D eigenvalue weighted by Gasteiger charge is 2.13. The highest BCUT2D eigenvalue weighted by Crippen LogP contribution is 2.28. The molecule has 21 heavy (non-hydrogen) atoms. The summed E-state index contributed by atoms with van der Waals surface area (Å²) in [5.41, 5.74) is 9.25. The lowest BCUT2D eigenvalue weighted by Crippen LogP contribution is -2.19. The first-order valence-electron chi connectivity index (χ1n) is 6.45. The summed E-state index contributed by atoms with van der Waals surface area (Å²) in [5, 5.41) is 3.18. The molecular weight excluding hydrogens is 271 g/mol. The summed E-state index contributed by atoms with van der Waals surface area (Å²) in [6, 6.07) is 9.51. The first-order valence-corrected chi connectivity index (χ1v) is 6.45. The summed E-state index contributed by atoms with van der Waals surface area (Å²) in [5.74, 6) is -0.301. The standard InChI is InChI=1S/C15H15FN4O/c1-19-13-8-10(17)7-12(14(13)20(2)15(19)21)18-11-5-3-9(16)4-6-11/h3-8,18H,17H2,1-2H3. The van der Waals surface area contributed by atoms with E-state index in [-0.39, 0.29) is 11.5 Å². The van der Waals surface area contributed by atoms with Gasteiger partial charge in [-0.3, -0.25) is 9.13 Å². The largest absolute Gasteiger partial charge is 0.399 e. The second-order valence-corrected chi connectivity index (χ2v) is 4.97. The molecule has 0 aliphatic heterocycles. The van der Waals surface area contributed by atoms with Crippen LogP contribution in [-0.2, 0) is 14.1 Å². The minimum absolute atomic E-state index is 0.127. The summed E-state index contributed by atoms with van der Waals surface area (Å²) < 4.78 is 16.1. The lowest BCUT2D eigenvalue weighted by atomic mass is 10.2. The Hall–Kier alpha value is -2.76. The molecule has 0 radical (unpaired) electrons. The van der Waals surface area contributed by atoms with Gasteiger partial charge in [0.25, 0.3) is 0 Å². The molecule has 0 bridgehead atoms. The first-order chi connectivity index (χ1) is 9.97. The van der Waals surface area contributed by atoms with Crippen LogP contribution >= 0.6 is 0 Å². The van der Waals surface area contributed by atoms with Crippen LogP contribution in [0.15, 0.2) is 41.2 Å². The smallest absolute Gasteiger partial charge is 0.328 e. The van der Waals surface area contributed by atoms with Gasteiger partial charge in [0.1, 0.15) is 5.82 Å². The molecule has 0 fully saturated rings. The van der Waals surface area contributed by atoms with Crippen molar-refractivity contribution in [3.63, 3.8) is 0 Å². The van der Waals surface area contributed by atoms with Gasteiger partial charge in [-0.2, -0.15) is 0 Å². The van der Waals surface area contributed by atoms with Gasteiger partial charge in [0.05, 0.1) is 16.7 Å². The third kappa shape index (κ3) is 2.14. The Kier molecular flexibility index (Phi) is 2.94. The highest BCUT2D eigenvalue weighted by atomic mass is 19.1. The zero-order valence-corrected chi connectivity index (χ0v) is 11.7. The van der Waals surface area contributed by atoms with Crippen molar-refractivity contribution < 1.29 is 4.39 Å². The van der Waals surface area contributed by atoms with Crippen LogP contribution in [0.3, 0.4) is 0 Å². The van der Waals surface area contributed by atoms with Crippen molar-refractivity contribution in [1.29, 1.82) is 0 Å². The van der Waals surface area contributed by atoms with Crippen LogP contribution in [-0.4, -0.2) is 9.13 Å². The van der Waals surface area contributed by atoms with E-state index in [1.807, 2.05) is 0 Å². The Balaban J connectivity index is 2.20. The van der Waals surface area contributed by atoms with Crippen LogP contribution < -0.4 is 16.7 Å². The Morgan fingerprint density at radius 1 is 1.10 bits per heavy atom. The van der Waals surface area contributed by atoms with E-state index in [1.54, 1.807) is 47.5 Å². The Bertz CT molecular complexity index is 877. The van der Waals surface area contributed by atoms with Gasteiger partial charge >= 0.3 is 5.69 Å². The van der Waals surface area contributed by atoms with Crippen molar-refractivity contribution in [3.8, 4) is 0 Å². The fraction of sp³-hybridized carbons (Fsp3) is 0.133. The fourth-order valence-corrected chi connectivity index (χ4v) is 2.46. The molecule has 0 aliphatic carbocycles. The second-order valence-electron chi connectivity index (χ2n) is 4.97. The third-order valence-corrected chi connectivity index (χ3v) is 3.51. The average Bonchev–Trinajstić information content (AvgIpc) is 2.66. The molecule has 0 amide bonds. The molecule has 108 valence electrons. The van der Waals surface area contributed by atoms with Crippen LogP contribution in [0, 0.1) is 5.82 Å². The molecule has 1 aromatic heterocycles. The van der Waals surface area contributed by atoms with Crippen LogP contribution in [0.1, 0.15) is 0 Å². The third-order valence-electron chi connectivity index (χ3n) is 3.51. The van der Waals surface area contributed by atoms with Gasteiger partial charge < -0.3 is 11.1 Å². The quantitative estimate of drug-likeness (QED) is 0.711. The lowest BCUT2D eigenvalue weighted by molar-refractivity contribution is 0.628. The number of hydrogen-bond acceptors (Lipinski definition) is 3. The maximum absolute atomic E-state index is 13.0. The SMILES string of the molecule is Cn1c(=O)n(C)c2c(Nc3ccc(F)cc3)cc(N)cc21. The van der Waals surface area contributed by atoms with Gasteiger partial charge in [-0.05, 0) is 36.4 Å². The number of halogens is 1. The summed E-state index contributed by atoms with van der Waals surface area (Å²) >= 11 is 0. The van der Waals surface area contributed by atoms with Crippen molar-refractivity contribution in [2.45, 2.75) is 0 Å². The maximum atomic E-state index is 13.0. The zero-order chi connectivity index (χ0) is 15.1. The molecule has 0 atom stereocenters. The van der Waals surface area contributed by atoms with Gasteiger partial charge in [-0.15, -0.1) is 0 Å². The van der Waals surface area contributed by atoms with Gasteiger partial charge in [-0.1, -0.05) is 0 Å². The molecule has 0 saturated heterocycles. The number of benzene rings is 2. The monoisotopic (exact) mass is 286 g/mol. The lowest BCUT2D eigenvalue weighted by Gasteiger charge is -2.10. The van der Waals surface area contributed by atoms with E-state index < -0.39 is 0 Å². The van der Waals surface area contributed by atoms with Gasteiger partial charge in [0.2, 0.25) is 0 Å². The van der Waals surface area contributed by atoms with E-state index in [4.69, 9.17) is 5.73 Å². The van der Waals surface area contributed by atoms with Gasteiger partial charge in [0.15, 0.2) is 0 Å². The van der Waals surface area contributed by atoms with Gasteiger partial charge in [-0.25, -0.2) is 9.18 Å². The minimum atomic E-state index is -0.301. The van der Waals surface area contributed by atoms with Crippen molar-refractivity contribution >= 4 is 28.1 Å². The molecule has 5 nitrogen and oxygen atoms in total. The average molecular weight is 286 g/mol. The molecule has 3 N–H and O–H groups in total. The van der Waals surface area contributed by atoms with E-state index in [0.29, 0.717) is 11.4 Å². The molecule has 0 unspecified atom stereocenters. The molecule has 6 heteroatoms. The molecule has 0 aliphatic rings. The Morgan fingerprint density at radius 2 is 1.76 bits per heavy atom. The number of nitrogens with two attached hydrogens (primary N) is 1. The number of nitrogens with one attached hydrogen (secondary N) is 1. The van der Waals surface area contributed by atoms with Crippen molar-refractivity contribution in [1.82, 2.24) is 9.13 Å². The topological polar surface area (TPSA) is 65.0 Å². The number of aromatic nitrogens is 2. The molecule has 3 aromatic rings. The normalized spacial score (nSPS) is 11.0. The Labute approximate surface area is 120 Å². The number of anilines is 3. The number of imidazole rings is 1. The molecule has 0 spiro atoms. The van der Waals surface area contributed by atoms with Crippen LogP contribution in [0.5, 0.6) is 0 Å². The summed E-state index contributed by atoms with van der Waals surface area (Å²) in [6.45, 7) is 0. The minimum Gasteiger partial charge on any atom is -0.399 e. The molecular formula is C15H15FN4O. The maximum Gasteiger partial charge on any atom is 0.328 e. The van der Waals surface area contributed by atoms with E-state index >= 15 is 0 Å². The second kappa shape index (κ2) is 4.66. The molecule has 1 heterocycles. The van der Waals surface area contributed by atoms with Crippen LogP contribution in [0.4, 0.5) is 21.5 Å². The van der Waals surface area contributed by atoms with Crippen LogP contribution in [0.25, 0.3) is 11.0 Å². The molecule has 0 saturated carbocycles. The molecule has 2 aromatic carbocycles. The van der Waals surface area contributed by atoms with Crippen molar-refractivity contribution in [2.75, 3.05) is 11.1 Å². The predicted octanol–water partition coefficient (Wildman–Crippen LogP) is 2.34. The Morgan fingerprint density at radius 3 is 2.43 bits per heavy atom. The highest BCUT2D eigenvalue weighted by molar-refractivity contribution is 5.94. The number of fused-ring (bicyclic) bond motifs is 1. The summed E-state index contributed by atoms with van der Waals surface area (Å²) in [7, 11) is 3.41. The fourth-order valence-electron chi connectivity index (χ4n) is 2.46. The first kappa shape index (κ1) is 13.2. The number of rotatable bonds is 2. The van der Waals surface area contributed by atoms with E-state index in [1.165, 1.54) is 12.1 Å². The summed E-state index contributed by atoms with van der Waals surface area (Å²) in [4.78, 5) is 12.1. The number of aryl methyl sites for hydroxylation is 2. The predicted molar refractivity (Wildman–Crippen MR) is 82.3 cm³/mol. The number of hydrogen-bond donors (Lipinski definition) is 2.